The van der Waals surface area contributed by atoms with Crippen LogP contribution in [-0.2, 0) is 9.59 Å². The highest BCUT2D eigenvalue weighted by molar-refractivity contribution is 6.35. The Kier molecular flexibility index (Phi) is 3.47. The Balaban J connectivity index is 4.22. The second-order valence-electron chi connectivity index (χ2n) is 2.18. The summed E-state index contributed by atoms with van der Waals surface area (Å²) >= 11 is 0. The van der Waals surface area contributed by atoms with Gasteiger partial charge >= 0.3 is 24.0 Å². The Hall–Kier alpha value is -1.30. The monoisotopic (exact) mass is 212 g/mol. The van der Waals surface area contributed by atoms with Crippen LogP contribution in [-0.4, -0.2) is 54.6 Å². The van der Waals surface area contributed by atoms with Crippen LogP contribution in [0.1, 0.15) is 0 Å². The van der Waals surface area contributed by atoms with Crippen molar-refractivity contribution in [2.45, 2.75) is 12.2 Å². The molecule has 0 saturated carbocycles. The maximum Gasteiger partial charge on any atom is 0.369 e. The van der Waals surface area contributed by atoms with E-state index in [-0.39, 0.29) is 0 Å². The fraction of sp³-hybridized carbons (Fsp3) is 0.500. The van der Waals surface area contributed by atoms with Gasteiger partial charge in [-0.05, 0) is 0 Å². The predicted octanol–water partition coefficient (Wildman–Crippen LogP) is -5.60. The Bertz CT molecular complexity index is 211. The Morgan fingerprint density at radius 3 is 1.07 bits per heavy atom. The molecule has 0 aliphatic heterocycles. The third-order valence-corrected chi connectivity index (χ3v) is 0.769. The van der Waals surface area contributed by atoms with Gasteiger partial charge in [-0.3, -0.25) is 20.2 Å². The lowest BCUT2D eigenvalue weighted by Gasteiger charge is -2.17. The molecule has 0 rings (SSSR count). The van der Waals surface area contributed by atoms with Gasteiger partial charge in [-0.1, -0.05) is 0 Å². The van der Waals surface area contributed by atoms with E-state index in [1.807, 2.05) is 0 Å². The van der Waals surface area contributed by atoms with Gasteiger partial charge in [0.2, 0.25) is 0 Å². The van der Waals surface area contributed by atoms with Crippen LogP contribution in [0.15, 0.2) is 0 Å². The van der Waals surface area contributed by atoms with Gasteiger partial charge in [0.25, 0.3) is 0 Å². The average Bonchev–Trinajstić information content (AvgIpc) is 1.78. The van der Waals surface area contributed by atoms with Crippen LogP contribution in [0.3, 0.4) is 0 Å². The molecule has 0 aromatic heterocycles. The Labute approximate surface area is 76.0 Å². The standard InChI is InChI=1S/C4H8N2O8/c7-1(5-3(9,10)11)2(8)6-4(12,13)14/h9-14H,(H,5,7)(H,6,8). The summed E-state index contributed by atoms with van der Waals surface area (Å²) in [4.78, 5) is 21.0. The molecule has 82 valence electrons. The third-order valence-electron chi connectivity index (χ3n) is 0.769. The number of carbonyl (C=O) groups excluding carboxylic acids is 2. The molecule has 14 heavy (non-hydrogen) atoms. The molecule has 8 N–H and O–H groups in total. The third kappa shape index (κ3) is 6.24. The van der Waals surface area contributed by atoms with Crippen molar-refractivity contribution in [1.82, 2.24) is 10.6 Å². The van der Waals surface area contributed by atoms with Gasteiger partial charge in [0, 0.05) is 0 Å². The van der Waals surface area contributed by atoms with Gasteiger partial charge in [0.1, 0.15) is 0 Å². The van der Waals surface area contributed by atoms with Crippen molar-refractivity contribution in [3.8, 4) is 0 Å². The van der Waals surface area contributed by atoms with Crippen molar-refractivity contribution < 1.29 is 40.2 Å². The first kappa shape index (κ1) is 12.7. The normalized spacial score (nSPS) is 12.1. The predicted molar refractivity (Wildman–Crippen MR) is 35.1 cm³/mol. The molecule has 0 bridgehead atoms. The highest BCUT2D eigenvalue weighted by Crippen LogP contribution is 1.88. The summed E-state index contributed by atoms with van der Waals surface area (Å²) in [7, 11) is 0. The molecule has 10 nitrogen and oxygen atoms in total. The lowest BCUT2D eigenvalue weighted by Crippen LogP contribution is -2.57. The number of aliphatic hydroxyl groups is 6. The molecule has 2 amide bonds. The molecule has 0 aromatic carbocycles. The maximum atomic E-state index is 10.5. The van der Waals surface area contributed by atoms with Gasteiger partial charge in [-0.2, -0.15) is 0 Å². The number of nitrogens with one attached hydrogen (secondary N) is 2. The fourth-order valence-electron chi connectivity index (χ4n) is 0.418. The van der Waals surface area contributed by atoms with E-state index in [2.05, 4.69) is 0 Å². The molecule has 0 aliphatic carbocycles. The van der Waals surface area contributed by atoms with E-state index < -0.39 is 24.0 Å². The van der Waals surface area contributed by atoms with E-state index in [0.29, 0.717) is 0 Å². The van der Waals surface area contributed by atoms with Gasteiger partial charge in [-0.25, -0.2) is 0 Å². The first-order chi connectivity index (χ1) is 6.01. The zero-order valence-corrected chi connectivity index (χ0v) is 6.50. The van der Waals surface area contributed by atoms with Crippen molar-refractivity contribution in [2.24, 2.45) is 0 Å². The smallest absolute Gasteiger partial charge is 0.325 e. The van der Waals surface area contributed by atoms with Crippen LogP contribution in [0.4, 0.5) is 0 Å². The van der Waals surface area contributed by atoms with Crippen LogP contribution in [0.25, 0.3) is 0 Å². The molecule has 0 atom stereocenters. The Morgan fingerprint density at radius 2 is 0.929 bits per heavy atom. The molecule has 0 radical (unpaired) electrons. The molecule has 10 heteroatoms. The van der Waals surface area contributed by atoms with E-state index >= 15 is 0 Å². The van der Waals surface area contributed by atoms with Crippen molar-refractivity contribution in [1.29, 1.82) is 0 Å². The molecule has 0 aliphatic rings. The van der Waals surface area contributed by atoms with Crippen LogP contribution in [0, 0.1) is 0 Å². The lowest BCUT2D eigenvalue weighted by molar-refractivity contribution is -0.330. The van der Waals surface area contributed by atoms with E-state index in [9.17, 15) is 9.59 Å². The largest absolute Gasteiger partial charge is 0.369 e. The summed E-state index contributed by atoms with van der Waals surface area (Å²) in [6.45, 7) is 0. The molecule has 0 heterocycles. The number of rotatable bonds is 2. The second kappa shape index (κ2) is 3.83. The number of amides is 2. The van der Waals surface area contributed by atoms with Crippen molar-refractivity contribution in [3.63, 3.8) is 0 Å². The molecule has 0 unspecified atom stereocenters. The second-order valence-corrected chi connectivity index (χ2v) is 2.18. The summed E-state index contributed by atoms with van der Waals surface area (Å²) in [5.74, 6) is -3.64. The minimum absolute atomic E-state index is 0.924. The summed E-state index contributed by atoms with van der Waals surface area (Å²) in [6.07, 6.45) is -7.26. The number of hydrogen-bond donors (Lipinski definition) is 8. The maximum absolute atomic E-state index is 10.5. The summed E-state index contributed by atoms with van der Waals surface area (Å²) in [6, 6.07) is 0. The molecule has 0 saturated heterocycles. The van der Waals surface area contributed by atoms with Crippen LogP contribution < -0.4 is 10.6 Å². The topological polar surface area (TPSA) is 180 Å². The molecular formula is C4H8N2O8. The van der Waals surface area contributed by atoms with Crippen molar-refractivity contribution >= 4 is 11.8 Å². The number of hydrogen-bond acceptors (Lipinski definition) is 8. The molecule has 0 fully saturated rings. The van der Waals surface area contributed by atoms with E-state index in [0.717, 1.165) is 10.6 Å². The fourth-order valence-corrected chi connectivity index (χ4v) is 0.418. The SMILES string of the molecule is O=C(NC(O)(O)O)C(=O)NC(O)(O)O. The van der Waals surface area contributed by atoms with Crippen molar-refractivity contribution in [3.05, 3.63) is 0 Å². The summed E-state index contributed by atoms with van der Waals surface area (Å²) in [5, 5.41) is 50.7. The van der Waals surface area contributed by atoms with Gasteiger partial charge < -0.3 is 30.6 Å². The Morgan fingerprint density at radius 1 is 0.714 bits per heavy atom. The zero-order chi connectivity index (χ0) is 11.6. The highest BCUT2D eigenvalue weighted by atomic mass is 16.7. The van der Waals surface area contributed by atoms with Crippen molar-refractivity contribution in [2.75, 3.05) is 0 Å². The zero-order valence-electron chi connectivity index (χ0n) is 6.50. The van der Waals surface area contributed by atoms with Crippen LogP contribution in [0.2, 0.25) is 0 Å². The van der Waals surface area contributed by atoms with Gasteiger partial charge in [0.15, 0.2) is 0 Å². The summed E-state index contributed by atoms with van der Waals surface area (Å²) in [5.41, 5.74) is 0. The van der Waals surface area contributed by atoms with E-state index in [1.54, 1.807) is 0 Å². The van der Waals surface area contributed by atoms with E-state index in [4.69, 9.17) is 30.6 Å². The molecule has 0 spiro atoms. The van der Waals surface area contributed by atoms with Gasteiger partial charge in [0.05, 0.1) is 0 Å². The van der Waals surface area contributed by atoms with Crippen LogP contribution >= 0.6 is 0 Å². The minimum atomic E-state index is -3.63. The first-order valence-electron chi connectivity index (χ1n) is 3.00. The number of carbonyl (C=O) groups is 2. The van der Waals surface area contributed by atoms with E-state index in [1.165, 1.54) is 0 Å². The van der Waals surface area contributed by atoms with Gasteiger partial charge in [-0.15, -0.1) is 0 Å². The molecular weight excluding hydrogens is 204 g/mol. The minimum Gasteiger partial charge on any atom is -0.325 e. The quantitative estimate of drug-likeness (QED) is 0.165. The average molecular weight is 212 g/mol. The highest BCUT2D eigenvalue weighted by Gasteiger charge is 2.30. The molecule has 0 aromatic rings. The lowest BCUT2D eigenvalue weighted by atomic mass is 10.5. The first-order valence-corrected chi connectivity index (χ1v) is 3.00. The summed E-state index contributed by atoms with van der Waals surface area (Å²) < 4.78 is 0. The van der Waals surface area contributed by atoms with Crippen LogP contribution in [0.5, 0.6) is 0 Å².